The molecule has 1 saturated carbocycles. The van der Waals surface area contributed by atoms with Crippen LogP contribution in [0.3, 0.4) is 0 Å². The molecule has 0 spiro atoms. The highest BCUT2D eigenvalue weighted by Gasteiger charge is 2.42. The summed E-state index contributed by atoms with van der Waals surface area (Å²) in [6.07, 6.45) is 1.03. The number of ether oxygens (including phenoxy) is 1. The molecule has 0 radical (unpaired) electrons. The Morgan fingerprint density at radius 3 is 2.85 bits per heavy atom. The Kier molecular flexibility index (Phi) is 4.17. The summed E-state index contributed by atoms with van der Waals surface area (Å²) in [5, 5.41) is 4.40. The van der Waals surface area contributed by atoms with Crippen molar-refractivity contribution >= 4 is 5.91 Å². The van der Waals surface area contributed by atoms with E-state index in [-0.39, 0.29) is 24.2 Å². The van der Waals surface area contributed by atoms with Crippen molar-refractivity contribution in [2.45, 2.75) is 38.6 Å². The van der Waals surface area contributed by atoms with Crippen LogP contribution in [0, 0.1) is 11.7 Å². The van der Waals surface area contributed by atoms with E-state index in [0.29, 0.717) is 49.6 Å². The van der Waals surface area contributed by atoms with Crippen LogP contribution in [0.2, 0.25) is 0 Å². The Morgan fingerprint density at radius 1 is 1.31 bits per heavy atom. The van der Waals surface area contributed by atoms with E-state index in [1.54, 1.807) is 34.7 Å². The van der Waals surface area contributed by atoms with Crippen LogP contribution in [0.5, 0.6) is 5.75 Å². The number of hydrogen-bond donors (Lipinski definition) is 0. The molecule has 138 valence electrons. The molecule has 1 aliphatic heterocycles. The molecule has 1 aromatic carbocycles. The van der Waals surface area contributed by atoms with Gasteiger partial charge in [0.1, 0.15) is 35.2 Å². The van der Waals surface area contributed by atoms with Gasteiger partial charge in [-0.3, -0.25) is 9.48 Å². The summed E-state index contributed by atoms with van der Waals surface area (Å²) >= 11 is 0. The largest absolute Gasteiger partial charge is 0.487 e. The van der Waals surface area contributed by atoms with E-state index in [9.17, 15) is 13.6 Å². The molecule has 5 nitrogen and oxygen atoms in total. The predicted molar refractivity (Wildman–Crippen MR) is 91.1 cm³/mol. The first-order valence-corrected chi connectivity index (χ1v) is 8.83. The number of rotatable bonds is 5. The molecule has 26 heavy (non-hydrogen) atoms. The van der Waals surface area contributed by atoms with Crippen LogP contribution in [0.25, 0.3) is 0 Å². The van der Waals surface area contributed by atoms with Gasteiger partial charge in [0, 0.05) is 19.2 Å². The molecule has 1 amide bonds. The molecule has 2 heterocycles. The number of fused-ring (bicyclic) bond motifs is 1. The highest BCUT2D eigenvalue weighted by Crippen LogP contribution is 2.41. The molecule has 4 rings (SSSR count). The summed E-state index contributed by atoms with van der Waals surface area (Å²) < 4.78 is 34.1. The molecule has 0 saturated heterocycles. The number of nitrogens with zero attached hydrogens (tertiary/aromatic N) is 3. The van der Waals surface area contributed by atoms with Crippen molar-refractivity contribution in [3.05, 3.63) is 47.5 Å². The molecule has 7 heteroatoms. The predicted octanol–water partition coefficient (Wildman–Crippen LogP) is 3.20. The van der Waals surface area contributed by atoms with E-state index >= 15 is 0 Å². The monoisotopic (exact) mass is 361 g/mol. The number of amides is 1. The third-order valence-electron chi connectivity index (χ3n) is 5.01. The zero-order valence-corrected chi connectivity index (χ0v) is 14.6. The van der Waals surface area contributed by atoms with Crippen molar-refractivity contribution < 1.29 is 18.3 Å². The van der Waals surface area contributed by atoms with Crippen LogP contribution in [-0.4, -0.2) is 39.3 Å². The molecule has 1 aromatic heterocycles. The fourth-order valence-electron chi connectivity index (χ4n) is 3.84. The molecular weight excluding hydrogens is 340 g/mol. The van der Waals surface area contributed by atoms with E-state index in [1.165, 1.54) is 12.1 Å². The third-order valence-corrected chi connectivity index (χ3v) is 5.01. The van der Waals surface area contributed by atoms with Gasteiger partial charge in [0.05, 0.1) is 6.54 Å². The number of carbonyl (C=O) groups excluding carboxylic acids is 1. The lowest BCUT2D eigenvalue weighted by Gasteiger charge is -2.42. The topological polar surface area (TPSA) is 47.4 Å². The Bertz CT molecular complexity index is 826. The maximum atomic E-state index is 13.6. The van der Waals surface area contributed by atoms with Gasteiger partial charge >= 0.3 is 0 Å². The van der Waals surface area contributed by atoms with Crippen LogP contribution in [0.1, 0.15) is 35.9 Å². The van der Waals surface area contributed by atoms with Gasteiger partial charge in [0.25, 0.3) is 5.91 Å². The van der Waals surface area contributed by atoms with Gasteiger partial charge in [-0.15, -0.1) is 0 Å². The molecular formula is C19H21F2N3O2. The molecule has 1 fully saturated rings. The number of hydrogen-bond acceptors (Lipinski definition) is 3. The third kappa shape index (κ3) is 3.43. The number of carbonyl (C=O) groups is 1. The maximum Gasteiger partial charge on any atom is 0.272 e. The first kappa shape index (κ1) is 17.0. The van der Waals surface area contributed by atoms with Crippen LogP contribution in [0.15, 0.2) is 30.3 Å². The molecule has 0 atom stereocenters. The highest BCUT2D eigenvalue weighted by atomic mass is 19.1. The van der Waals surface area contributed by atoms with E-state index in [0.717, 1.165) is 0 Å². The Hall–Kier alpha value is -2.44. The van der Waals surface area contributed by atoms with Gasteiger partial charge in [-0.05, 0) is 43.9 Å². The molecule has 2 aliphatic rings. The van der Waals surface area contributed by atoms with E-state index in [1.807, 2.05) is 0 Å². The zero-order chi connectivity index (χ0) is 18.3. The van der Waals surface area contributed by atoms with Gasteiger partial charge < -0.3 is 9.64 Å². The van der Waals surface area contributed by atoms with Crippen molar-refractivity contribution in [2.75, 3.05) is 13.1 Å². The standard InChI is InChI=1S/C19H21F2N3O2/c1-19(21)9-13(10-19)11-23-5-6-24-17(18(23)25)8-15(22-24)12-26-16-4-2-3-14(20)7-16/h2-4,7-8,13H,5-6,9-12H2,1H3. The number of aromatic nitrogens is 2. The minimum Gasteiger partial charge on any atom is -0.487 e. The Balaban J connectivity index is 1.39. The summed E-state index contributed by atoms with van der Waals surface area (Å²) in [6, 6.07) is 7.62. The molecule has 0 bridgehead atoms. The van der Waals surface area contributed by atoms with Crippen LogP contribution in [0.4, 0.5) is 8.78 Å². The summed E-state index contributed by atoms with van der Waals surface area (Å²) in [5.74, 6) is 0.216. The summed E-state index contributed by atoms with van der Waals surface area (Å²) in [7, 11) is 0. The van der Waals surface area contributed by atoms with Crippen LogP contribution < -0.4 is 4.74 Å². The average molecular weight is 361 g/mol. The normalized spacial score (nSPS) is 25.0. The summed E-state index contributed by atoms with van der Waals surface area (Å²) in [4.78, 5) is 14.5. The van der Waals surface area contributed by atoms with Crippen LogP contribution >= 0.6 is 0 Å². The zero-order valence-electron chi connectivity index (χ0n) is 14.6. The van der Waals surface area contributed by atoms with E-state index in [2.05, 4.69) is 5.10 Å². The fraction of sp³-hybridized carbons (Fsp3) is 0.474. The van der Waals surface area contributed by atoms with E-state index < -0.39 is 5.67 Å². The Morgan fingerprint density at radius 2 is 2.12 bits per heavy atom. The lowest BCUT2D eigenvalue weighted by molar-refractivity contribution is 0.00499. The maximum absolute atomic E-state index is 13.6. The minimum absolute atomic E-state index is 0.0757. The molecule has 2 aromatic rings. The van der Waals surface area contributed by atoms with Gasteiger partial charge in [0.15, 0.2) is 0 Å². The Labute approximate surface area is 150 Å². The lowest BCUT2D eigenvalue weighted by atomic mass is 9.73. The summed E-state index contributed by atoms with van der Waals surface area (Å²) in [6.45, 7) is 3.57. The van der Waals surface area contributed by atoms with Gasteiger partial charge in [-0.1, -0.05) is 6.07 Å². The van der Waals surface area contributed by atoms with Gasteiger partial charge in [-0.2, -0.15) is 5.10 Å². The van der Waals surface area contributed by atoms with Crippen molar-refractivity contribution in [2.24, 2.45) is 5.92 Å². The van der Waals surface area contributed by atoms with Gasteiger partial charge in [0.2, 0.25) is 0 Å². The smallest absolute Gasteiger partial charge is 0.272 e. The molecule has 1 aliphatic carbocycles. The van der Waals surface area contributed by atoms with Gasteiger partial charge in [-0.25, -0.2) is 8.78 Å². The number of halogens is 2. The second-order valence-electron chi connectivity index (χ2n) is 7.43. The highest BCUT2D eigenvalue weighted by molar-refractivity contribution is 5.93. The molecule has 0 unspecified atom stereocenters. The first-order valence-electron chi connectivity index (χ1n) is 8.83. The summed E-state index contributed by atoms with van der Waals surface area (Å²) in [5.41, 5.74) is 0.0723. The van der Waals surface area contributed by atoms with Crippen LogP contribution in [-0.2, 0) is 13.2 Å². The van der Waals surface area contributed by atoms with E-state index in [4.69, 9.17) is 4.74 Å². The number of alkyl halides is 1. The van der Waals surface area contributed by atoms with Crippen molar-refractivity contribution in [1.82, 2.24) is 14.7 Å². The first-order chi connectivity index (χ1) is 12.4. The average Bonchev–Trinajstić information content (AvgIpc) is 2.98. The second kappa shape index (κ2) is 6.37. The second-order valence-corrected chi connectivity index (χ2v) is 7.43. The fourth-order valence-corrected chi connectivity index (χ4v) is 3.84. The molecule has 0 N–H and O–H groups in total. The van der Waals surface area contributed by atoms with Crippen molar-refractivity contribution in [3.8, 4) is 5.75 Å². The lowest BCUT2D eigenvalue weighted by Crippen LogP contribution is -2.48. The van der Waals surface area contributed by atoms with Crippen molar-refractivity contribution in [1.29, 1.82) is 0 Å². The minimum atomic E-state index is -1.08. The quantitative estimate of drug-likeness (QED) is 0.822. The van der Waals surface area contributed by atoms with Crippen molar-refractivity contribution in [3.63, 3.8) is 0 Å². The SMILES string of the molecule is CC1(F)CC(CN2CCn3nc(COc4cccc(F)c4)cc3C2=O)C1. The number of benzene rings is 1.